The summed E-state index contributed by atoms with van der Waals surface area (Å²) in [7, 11) is 0. The molecule has 3 heteroatoms. The van der Waals surface area contributed by atoms with Crippen LogP contribution in [0.2, 0.25) is 0 Å². The van der Waals surface area contributed by atoms with Crippen molar-refractivity contribution < 1.29 is 14.6 Å². The summed E-state index contributed by atoms with van der Waals surface area (Å²) in [5.41, 5.74) is 0.184. The van der Waals surface area contributed by atoms with Crippen molar-refractivity contribution in [3.63, 3.8) is 0 Å². The summed E-state index contributed by atoms with van der Waals surface area (Å²) >= 11 is 0. The summed E-state index contributed by atoms with van der Waals surface area (Å²) in [5, 5.41) is 9.35. The smallest absolute Gasteiger partial charge is 0.316 e. The van der Waals surface area contributed by atoms with Gasteiger partial charge in [0.05, 0.1) is 5.41 Å². The van der Waals surface area contributed by atoms with E-state index in [1.165, 1.54) is 0 Å². The largest absolute Gasteiger partial charge is 0.426 e. The highest BCUT2D eigenvalue weighted by Gasteiger charge is 2.25. The van der Waals surface area contributed by atoms with Crippen LogP contribution in [0.3, 0.4) is 0 Å². The number of ether oxygens (including phenoxy) is 1. The molecule has 1 rings (SSSR count). The molecule has 1 aromatic rings. The molecule has 0 aliphatic carbocycles. The zero-order chi connectivity index (χ0) is 14.7. The highest BCUT2D eigenvalue weighted by Crippen LogP contribution is 2.29. The molecule has 106 valence electrons. The van der Waals surface area contributed by atoms with Crippen LogP contribution in [-0.4, -0.2) is 17.7 Å². The average molecular weight is 264 g/mol. The summed E-state index contributed by atoms with van der Waals surface area (Å²) in [5.74, 6) is 0.339. The van der Waals surface area contributed by atoms with Crippen molar-refractivity contribution in [2.75, 3.05) is 6.61 Å². The molecule has 3 nitrogen and oxygen atoms in total. The molecule has 0 fully saturated rings. The zero-order valence-corrected chi connectivity index (χ0v) is 12.5. The van der Waals surface area contributed by atoms with Gasteiger partial charge in [-0.2, -0.15) is 0 Å². The highest BCUT2D eigenvalue weighted by atomic mass is 16.5. The van der Waals surface area contributed by atoms with Crippen LogP contribution in [0.4, 0.5) is 0 Å². The Labute approximate surface area is 115 Å². The molecule has 0 amide bonds. The highest BCUT2D eigenvalue weighted by molar-refractivity contribution is 5.78. The lowest BCUT2D eigenvalue weighted by Crippen LogP contribution is -2.26. The minimum absolute atomic E-state index is 0.0918. The van der Waals surface area contributed by atoms with Crippen molar-refractivity contribution in [1.29, 1.82) is 0 Å². The van der Waals surface area contributed by atoms with Crippen LogP contribution in [0.25, 0.3) is 0 Å². The number of carbonyl (C=O) groups is 1. The van der Waals surface area contributed by atoms with Gasteiger partial charge in [-0.3, -0.25) is 4.79 Å². The Kier molecular flexibility index (Phi) is 4.75. The Hall–Kier alpha value is -1.35. The van der Waals surface area contributed by atoms with Crippen molar-refractivity contribution in [2.24, 2.45) is 10.8 Å². The minimum atomic E-state index is -0.528. The molecule has 0 bridgehead atoms. The molecule has 19 heavy (non-hydrogen) atoms. The van der Waals surface area contributed by atoms with Gasteiger partial charge in [-0.15, -0.1) is 0 Å². The predicted molar refractivity (Wildman–Crippen MR) is 76.1 cm³/mol. The number of aliphatic hydroxyl groups excluding tert-OH is 1. The van der Waals surface area contributed by atoms with Crippen LogP contribution in [-0.2, 0) is 11.2 Å². The van der Waals surface area contributed by atoms with Crippen LogP contribution >= 0.6 is 0 Å². The fourth-order valence-electron chi connectivity index (χ4n) is 1.57. The van der Waals surface area contributed by atoms with Crippen LogP contribution in [0.5, 0.6) is 5.75 Å². The first kappa shape index (κ1) is 15.7. The Morgan fingerprint density at radius 1 is 1.16 bits per heavy atom. The number of carbonyl (C=O) groups excluding carboxylic acids is 1. The molecular weight excluding hydrogens is 240 g/mol. The number of esters is 1. The topological polar surface area (TPSA) is 46.5 Å². The summed E-state index contributed by atoms with van der Waals surface area (Å²) in [6.07, 6.45) is 0.664. The van der Waals surface area contributed by atoms with Gasteiger partial charge >= 0.3 is 5.97 Å². The van der Waals surface area contributed by atoms with Gasteiger partial charge < -0.3 is 9.84 Å². The third-order valence-corrected chi connectivity index (χ3v) is 2.88. The third-order valence-electron chi connectivity index (χ3n) is 2.88. The zero-order valence-electron chi connectivity index (χ0n) is 12.5. The monoisotopic (exact) mass is 264 g/mol. The molecule has 0 heterocycles. The standard InChI is InChI=1S/C16H24O3/c1-15(2,3)14(18)19-13-9-7-6-8-12(13)10-16(4,5)11-17/h6-9,17H,10-11H2,1-5H3. The van der Waals surface area contributed by atoms with Gasteiger partial charge in [0.2, 0.25) is 0 Å². The number of rotatable bonds is 4. The van der Waals surface area contributed by atoms with E-state index in [2.05, 4.69) is 0 Å². The number of hydrogen-bond donors (Lipinski definition) is 1. The number of hydrogen-bond acceptors (Lipinski definition) is 3. The second-order valence-corrected chi connectivity index (χ2v) is 6.75. The third kappa shape index (κ3) is 4.67. The SMILES string of the molecule is CC(C)(CO)Cc1ccccc1OC(=O)C(C)(C)C. The molecule has 1 aromatic carbocycles. The van der Waals surface area contributed by atoms with Gasteiger partial charge in [0.25, 0.3) is 0 Å². The van der Waals surface area contributed by atoms with E-state index in [1.54, 1.807) is 6.07 Å². The first-order chi connectivity index (χ1) is 8.65. The quantitative estimate of drug-likeness (QED) is 0.671. The Morgan fingerprint density at radius 2 is 1.74 bits per heavy atom. The Balaban J connectivity index is 2.94. The molecular formula is C16H24O3. The summed E-state index contributed by atoms with van der Waals surface area (Å²) in [6.45, 7) is 9.54. The number of para-hydroxylation sites is 1. The maximum Gasteiger partial charge on any atom is 0.316 e. The predicted octanol–water partition coefficient (Wildman–Crippen LogP) is 3.20. The summed E-state index contributed by atoms with van der Waals surface area (Å²) in [6, 6.07) is 7.49. The van der Waals surface area contributed by atoms with Crippen molar-refractivity contribution >= 4 is 5.97 Å². The lowest BCUT2D eigenvalue weighted by Gasteiger charge is -2.24. The van der Waals surface area contributed by atoms with Crippen LogP contribution < -0.4 is 4.74 Å². The maximum absolute atomic E-state index is 11.9. The van der Waals surface area contributed by atoms with Gasteiger partial charge in [-0.1, -0.05) is 32.0 Å². The first-order valence-electron chi connectivity index (χ1n) is 6.57. The van der Waals surface area contributed by atoms with Crippen LogP contribution in [0.15, 0.2) is 24.3 Å². The fourth-order valence-corrected chi connectivity index (χ4v) is 1.57. The van der Waals surface area contributed by atoms with Crippen molar-refractivity contribution in [3.05, 3.63) is 29.8 Å². The summed E-state index contributed by atoms with van der Waals surface area (Å²) in [4.78, 5) is 11.9. The van der Waals surface area contributed by atoms with E-state index in [4.69, 9.17) is 4.74 Å². The molecule has 1 N–H and O–H groups in total. The molecule has 0 aliphatic heterocycles. The minimum Gasteiger partial charge on any atom is -0.426 e. The molecule has 0 aliphatic rings. The normalized spacial score (nSPS) is 12.3. The first-order valence-corrected chi connectivity index (χ1v) is 6.57. The molecule has 0 atom stereocenters. The van der Waals surface area contributed by atoms with Gasteiger partial charge in [0, 0.05) is 6.61 Å². The van der Waals surface area contributed by atoms with Crippen LogP contribution in [0, 0.1) is 10.8 Å². The van der Waals surface area contributed by atoms with E-state index in [0.717, 1.165) is 5.56 Å². The lowest BCUT2D eigenvalue weighted by molar-refractivity contribution is -0.143. The molecule has 0 spiro atoms. The molecule has 0 saturated heterocycles. The van der Waals surface area contributed by atoms with E-state index in [0.29, 0.717) is 12.2 Å². The van der Waals surface area contributed by atoms with Gasteiger partial charge in [0.1, 0.15) is 5.75 Å². The number of aliphatic hydroxyl groups is 1. The van der Waals surface area contributed by atoms with E-state index in [1.807, 2.05) is 52.8 Å². The molecule has 0 unspecified atom stereocenters. The van der Waals surface area contributed by atoms with Crippen molar-refractivity contribution in [3.8, 4) is 5.75 Å². The average Bonchev–Trinajstić information content (AvgIpc) is 2.30. The van der Waals surface area contributed by atoms with Crippen LogP contribution in [0.1, 0.15) is 40.2 Å². The van der Waals surface area contributed by atoms with Gasteiger partial charge in [0.15, 0.2) is 0 Å². The molecule has 0 saturated carbocycles. The Bertz CT molecular complexity index is 442. The number of benzene rings is 1. The summed E-state index contributed by atoms with van der Waals surface area (Å²) < 4.78 is 5.48. The van der Waals surface area contributed by atoms with E-state index < -0.39 is 5.41 Å². The van der Waals surface area contributed by atoms with E-state index >= 15 is 0 Å². The van der Waals surface area contributed by atoms with E-state index in [9.17, 15) is 9.90 Å². The fraction of sp³-hybridized carbons (Fsp3) is 0.562. The van der Waals surface area contributed by atoms with Gasteiger partial charge in [-0.25, -0.2) is 0 Å². The second-order valence-electron chi connectivity index (χ2n) is 6.75. The molecule has 0 radical (unpaired) electrons. The lowest BCUT2D eigenvalue weighted by atomic mass is 9.86. The van der Waals surface area contributed by atoms with Crippen molar-refractivity contribution in [1.82, 2.24) is 0 Å². The molecule has 0 aromatic heterocycles. The Morgan fingerprint density at radius 3 is 2.26 bits per heavy atom. The van der Waals surface area contributed by atoms with Crippen molar-refractivity contribution in [2.45, 2.75) is 41.0 Å². The van der Waals surface area contributed by atoms with E-state index in [-0.39, 0.29) is 18.0 Å². The van der Waals surface area contributed by atoms with Gasteiger partial charge in [-0.05, 0) is 44.2 Å². The maximum atomic E-state index is 11.9. The second kappa shape index (κ2) is 5.74.